The maximum absolute atomic E-state index is 11.7. The van der Waals surface area contributed by atoms with Crippen molar-refractivity contribution in [3.8, 4) is 0 Å². The number of hydrogen-bond donors (Lipinski definition) is 2. The summed E-state index contributed by atoms with van der Waals surface area (Å²) in [5.41, 5.74) is 2.00. The molecule has 0 heterocycles. The summed E-state index contributed by atoms with van der Waals surface area (Å²) in [7, 11) is -3.37. The van der Waals surface area contributed by atoms with Crippen LogP contribution in [0.25, 0.3) is 6.08 Å². The summed E-state index contributed by atoms with van der Waals surface area (Å²) >= 11 is 0. The lowest BCUT2D eigenvalue weighted by Crippen LogP contribution is -2.22. The fourth-order valence-corrected chi connectivity index (χ4v) is 2.06. The SMILES string of the molecule is Cc1cc(NS(=O)(=O)C(C)C)ccc1/C=C/C(=O)O. The van der Waals surface area contributed by atoms with Crippen molar-refractivity contribution in [2.45, 2.75) is 26.0 Å². The molecule has 0 atom stereocenters. The maximum Gasteiger partial charge on any atom is 0.328 e. The summed E-state index contributed by atoms with van der Waals surface area (Å²) in [5, 5.41) is 8.04. The number of aliphatic carboxylic acids is 1. The van der Waals surface area contributed by atoms with Crippen molar-refractivity contribution in [2.24, 2.45) is 0 Å². The number of anilines is 1. The second-order valence-electron chi connectivity index (χ2n) is 4.44. The molecule has 0 saturated carbocycles. The van der Waals surface area contributed by atoms with Crippen molar-refractivity contribution in [3.63, 3.8) is 0 Å². The Hall–Kier alpha value is -1.82. The third-order valence-electron chi connectivity index (χ3n) is 2.56. The Labute approximate surface area is 113 Å². The average Bonchev–Trinajstić information content (AvgIpc) is 2.26. The standard InChI is InChI=1S/C13H17NO4S/c1-9(2)19(17,18)14-12-6-4-11(10(3)8-12)5-7-13(15)16/h4-9,14H,1-3H3,(H,15,16)/b7-5+. The van der Waals surface area contributed by atoms with Crippen LogP contribution in [0.5, 0.6) is 0 Å². The third kappa shape index (κ3) is 4.40. The van der Waals surface area contributed by atoms with Crippen LogP contribution in [0.3, 0.4) is 0 Å². The van der Waals surface area contributed by atoms with Crippen LogP contribution in [0, 0.1) is 6.92 Å². The highest BCUT2D eigenvalue weighted by atomic mass is 32.2. The predicted octanol–water partition coefficient (Wildman–Crippen LogP) is 2.24. The van der Waals surface area contributed by atoms with Crippen LogP contribution in [-0.4, -0.2) is 24.7 Å². The minimum atomic E-state index is -3.37. The van der Waals surface area contributed by atoms with Gasteiger partial charge in [-0.15, -0.1) is 0 Å². The first kappa shape index (κ1) is 15.2. The molecule has 0 radical (unpaired) electrons. The molecule has 0 unspecified atom stereocenters. The highest BCUT2D eigenvalue weighted by Gasteiger charge is 2.15. The molecule has 1 aromatic rings. The van der Waals surface area contributed by atoms with Gasteiger partial charge in [-0.1, -0.05) is 6.07 Å². The fraction of sp³-hybridized carbons (Fsp3) is 0.308. The Morgan fingerprint density at radius 1 is 1.37 bits per heavy atom. The summed E-state index contributed by atoms with van der Waals surface area (Å²) in [6, 6.07) is 4.95. The Morgan fingerprint density at radius 2 is 2.00 bits per heavy atom. The smallest absolute Gasteiger partial charge is 0.328 e. The largest absolute Gasteiger partial charge is 0.478 e. The first-order valence-electron chi connectivity index (χ1n) is 5.75. The number of hydrogen-bond acceptors (Lipinski definition) is 3. The molecule has 104 valence electrons. The molecular weight excluding hydrogens is 266 g/mol. The molecule has 0 fully saturated rings. The van der Waals surface area contributed by atoms with Gasteiger partial charge < -0.3 is 5.11 Å². The molecule has 19 heavy (non-hydrogen) atoms. The van der Waals surface area contributed by atoms with E-state index in [4.69, 9.17) is 5.11 Å². The molecule has 0 aliphatic carbocycles. The van der Waals surface area contributed by atoms with E-state index in [9.17, 15) is 13.2 Å². The van der Waals surface area contributed by atoms with Crippen molar-refractivity contribution in [1.82, 2.24) is 0 Å². The first-order chi connectivity index (χ1) is 8.72. The number of carboxylic acid groups (broad SMARTS) is 1. The molecule has 0 aliphatic heterocycles. The quantitative estimate of drug-likeness (QED) is 0.812. The van der Waals surface area contributed by atoms with Crippen LogP contribution in [0.4, 0.5) is 5.69 Å². The van der Waals surface area contributed by atoms with E-state index in [1.807, 2.05) is 0 Å². The van der Waals surface area contributed by atoms with Gasteiger partial charge in [0.1, 0.15) is 0 Å². The van der Waals surface area contributed by atoms with Gasteiger partial charge in [-0.2, -0.15) is 0 Å². The van der Waals surface area contributed by atoms with Crippen molar-refractivity contribution in [1.29, 1.82) is 0 Å². The topological polar surface area (TPSA) is 83.5 Å². The number of carboxylic acids is 1. The molecular formula is C13H17NO4S. The molecule has 0 aliphatic rings. The lowest BCUT2D eigenvalue weighted by molar-refractivity contribution is -0.131. The van der Waals surface area contributed by atoms with E-state index in [0.717, 1.165) is 17.2 Å². The van der Waals surface area contributed by atoms with E-state index >= 15 is 0 Å². The molecule has 0 spiro atoms. The highest BCUT2D eigenvalue weighted by Crippen LogP contribution is 2.18. The van der Waals surface area contributed by atoms with Crippen molar-refractivity contribution >= 4 is 27.8 Å². The molecule has 0 amide bonds. The molecule has 6 heteroatoms. The van der Waals surface area contributed by atoms with Crippen molar-refractivity contribution < 1.29 is 18.3 Å². The lowest BCUT2D eigenvalue weighted by Gasteiger charge is -2.12. The van der Waals surface area contributed by atoms with E-state index in [1.54, 1.807) is 39.0 Å². The average molecular weight is 283 g/mol. The Morgan fingerprint density at radius 3 is 2.47 bits per heavy atom. The van der Waals surface area contributed by atoms with Crippen LogP contribution < -0.4 is 4.72 Å². The van der Waals surface area contributed by atoms with Gasteiger partial charge in [-0.25, -0.2) is 13.2 Å². The second kappa shape index (κ2) is 5.88. The lowest BCUT2D eigenvalue weighted by atomic mass is 10.1. The van der Waals surface area contributed by atoms with Gasteiger partial charge >= 0.3 is 5.97 Å². The van der Waals surface area contributed by atoms with Crippen LogP contribution in [0.1, 0.15) is 25.0 Å². The van der Waals surface area contributed by atoms with E-state index < -0.39 is 21.2 Å². The van der Waals surface area contributed by atoms with Gasteiger partial charge in [0.05, 0.1) is 5.25 Å². The van der Waals surface area contributed by atoms with Gasteiger partial charge in [0, 0.05) is 11.8 Å². The highest BCUT2D eigenvalue weighted by molar-refractivity contribution is 7.93. The number of sulfonamides is 1. The second-order valence-corrected chi connectivity index (χ2v) is 6.68. The van der Waals surface area contributed by atoms with Gasteiger partial charge in [0.25, 0.3) is 0 Å². The van der Waals surface area contributed by atoms with Crippen LogP contribution in [0.2, 0.25) is 0 Å². The van der Waals surface area contributed by atoms with E-state index in [-0.39, 0.29) is 0 Å². The number of carbonyl (C=O) groups is 1. The van der Waals surface area contributed by atoms with Gasteiger partial charge in [-0.3, -0.25) is 4.72 Å². The molecule has 5 nitrogen and oxygen atoms in total. The van der Waals surface area contributed by atoms with E-state index in [0.29, 0.717) is 5.69 Å². The minimum absolute atomic E-state index is 0.471. The number of aryl methyl sites for hydroxylation is 1. The Kier molecular flexibility index (Phi) is 4.72. The maximum atomic E-state index is 11.7. The summed E-state index contributed by atoms with van der Waals surface area (Å²) < 4.78 is 25.9. The zero-order valence-electron chi connectivity index (χ0n) is 11.0. The zero-order chi connectivity index (χ0) is 14.6. The molecule has 1 aromatic carbocycles. The van der Waals surface area contributed by atoms with Gasteiger partial charge in [-0.05, 0) is 50.1 Å². The first-order valence-corrected chi connectivity index (χ1v) is 7.30. The molecule has 0 bridgehead atoms. The van der Waals surface area contributed by atoms with Gasteiger partial charge in [0.2, 0.25) is 10.0 Å². The van der Waals surface area contributed by atoms with E-state index in [1.165, 1.54) is 6.08 Å². The number of rotatable bonds is 5. The molecule has 2 N–H and O–H groups in total. The Balaban J connectivity index is 2.98. The summed E-state index contributed by atoms with van der Waals surface area (Å²) in [5.74, 6) is -1.02. The molecule has 1 rings (SSSR count). The number of benzene rings is 1. The fourth-order valence-electron chi connectivity index (χ4n) is 1.37. The van der Waals surface area contributed by atoms with Crippen LogP contribution in [0.15, 0.2) is 24.3 Å². The summed E-state index contributed by atoms with van der Waals surface area (Å²) in [6.45, 7) is 4.98. The third-order valence-corrected chi connectivity index (χ3v) is 4.32. The summed E-state index contributed by atoms with van der Waals surface area (Å²) in [4.78, 5) is 10.4. The number of nitrogens with one attached hydrogen (secondary N) is 1. The molecule has 0 aromatic heterocycles. The molecule has 0 saturated heterocycles. The van der Waals surface area contributed by atoms with Crippen LogP contribution >= 0.6 is 0 Å². The van der Waals surface area contributed by atoms with E-state index in [2.05, 4.69) is 4.72 Å². The normalized spacial score (nSPS) is 12.0. The van der Waals surface area contributed by atoms with Crippen LogP contribution in [-0.2, 0) is 14.8 Å². The van der Waals surface area contributed by atoms with Crippen molar-refractivity contribution in [2.75, 3.05) is 4.72 Å². The predicted molar refractivity (Wildman–Crippen MR) is 75.5 cm³/mol. The van der Waals surface area contributed by atoms with Gasteiger partial charge in [0.15, 0.2) is 0 Å². The van der Waals surface area contributed by atoms with Crippen molar-refractivity contribution in [3.05, 3.63) is 35.4 Å². The minimum Gasteiger partial charge on any atom is -0.478 e. The monoisotopic (exact) mass is 283 g/mol. The summed E-state index contributed by atoms with van der Waals surface area (Å²) in [6.07, 6.45) is 2.51. The zero-order valence-corrected chi connectivity index (χ0v) is 11.9. The Bertz CT molecular complexity index is 603.